The molecule has 1 N–H and O–H groups in total. The van der Waals surface area contributed by atoms with Crippen molar-refractivity contribution in [1.82, 2.24) is 9.80 Å². The molecule has 3 aliphatic rings. The zero-order chi connectivity index (χ0) is 32.9. The summed E-state index contributed by atoms with van der Waals surface area (Å²) in [6.45, 7) is 5.43. The van der Waals surface area contributed by atoms with Gasteiger partial charge in [0, 0.05) is 46.0 Å². The maximum Gasteiger partial charge on any atom is 0.167 e. The zero-order valence-corrected chi connectivity index (χ0v) is 28.3. The quantitative estimate of drug-likeness (QED) is 0.331. The van der Waals surface area contributed by atoms with Gasteiger partial charge in [0.05, 0.1) is 74.0 Å². The second-order valence-corrected chi connectivity index (χ2v) is 12.3. The minimum atomic E-state index is -0.948. The van der Waals surface area contributed by atoms with Gasteiger partial charge in [-0.15, -0.1) is 0 Å². The molecule has 1 unspecified atom stereocenters. The first-order valence-corrected chi connectivity index (χ1v) is 15.7. The Bertz CT molecular complexity index is 1600. The van der Waals surface area contributed by atoms with Crippen LogP contribution in [0.2, 0.25) is 0 Å². The molecular formula is C36H46N2O8. The largest absolute Gasteiger partial charge is 0.496 e. The van der Waals surface area contributed by atoms with Gasteiger partial charge in [-0.05, 0) is 32.9 Å². The number of hydrogen-bond acceptors (Lipinski definition) is 10. The number of benzene rings is 3. The standard InChI is InChI=1S/C36H46N2O8/c1-19-31(40-4)23-15-22-16-38-24(18-46-17-21-13-11-10-12-14-21)26-27(32(41-5)20(2)34(43-7)36(26)45-9)30(39)29(38)28(37(22)3)25(23)35(44-8)33(19)42-6/h10-14,22,24,28-30,39H,15-18H2,1-9H3/t22-,24-,28+,29-,30?/m0/s1. The van der Waals surface area contributed by atoms with Gasteiger partial charge >= 0.3 is 0 Å². The molecule has 5 atom stereocenters. The van der Waals surface area contributed by atoms with Crippen molar-refractivity contribution in [3.8, 4) is 34.5 Å². The van der Waals surface area contributed by atoms with Crippen LogP contribution in [0.25, 0.3) is 0 Å². The number of aliphatic hydroxyl groups excluding tert-OH is 1. The highest BCUT2D eigenvalue weighted by Crippen LogP contribution is 2.60. The summed E-state index contributed by atoms with van der Waals surface area (Å²) in [4.78, 5) is 4.77. The highest BCUT2D eigenvalue weighted by atomic mass is 16.5. The molecule has 3 aliphatic heterocycles. The van der Waals surface area contributed by atoms with Crippen molar-refractivity contribution in [2.24, 2.45) is 0 Å². The Labute approximate surface area is 271 Å². The van der Waals surface area contributed by atoms with Crippen molar-refractivity contribution in [1.29, 1.82) is 0 Å². The van der Waals surface area contributed by atoms with Gasteiger partial charge in [-0.1, -0.05) is 30.3 Å². The van der Waals surface area contributed by atoms with E-state index in [2.05, 4.69) is 29.0 Å². The molecule has 0 saturated carbocycles. The number of ether oxygens (including phenoxy) is 7. The summed E-state index contributed by atoms with van der Waals surface area (Å²) >= 11 is 0. The lowest BCUT2D eigenvalue weighted by Crippen LogP contribution is -2.65. The fourth-order valence-electron chi connectivity index (χ4n) is 8.33. The second-order valence-electron chi connectivity index (χ2n) is 12.3. The molecule has 1 fully saturated rings. The fraction of sp³-hybridized carbons (Fsp3) is 0.500. The summed E-state index contributed by atoms with van der Waals surface area (Å²) in [5.74, 6) is 3.86. The highest BCUT2D eigenvalue weighted by molar-refractivity contribution is 5.68. The van der Waals surface area contributed by atoms with E-state index in [4.69, 9.17) is 33.2 Å². The average Bonchev–Trinajstić information content (AvgIpc) is 3.06. The van der Waals surface area contributed by atoms with Crippen molar-refractivity contribution in [3.63, 3.8) is 0 Å². The number of piperazine rings is 1. The molecule has 0 amide bonds. The normalized spacial score (nSPS) is 23.6. The van der Waals surface area contributed by atoms with E-state index >= 15 is 0 Å². The minimum absolute atomic E-state index is 0.130. The lowest BCUT2D eigenvalue weighted by atomic mass is 9.72. The van der Waals surface area contributed by atoms with Crippen molar-refractivity contribution in [3.05, 3.63) is 69.3 Å². The minimum Gasteiger partial charge on any atom is -0.496 e. The van der Waals surface area contributed by atoms with Crippen LogP contribution < -0.4 is 28.4 Å². The van der Waals surface area contributed by atoms with E-state index in [-0.39, 0.29) is 18.1 Å². The van der Waals surface area contributed by atoms with Crippen molar-refractivity contribution >= 4 is 0 Å². The predicted molar refractivity (Wildman–Crippen MR) is 174 cm³/mol. The smallest absolute Gasteiger partial charge is 0.167 e. The maximum atomic E-state index is 12.6. The molecule has 248 valence electrons. The van der Waals surface area contributed by atoms with Gasteiger partial charge in [0.1, 0.15) is 17.6 Å². The van der Waals surface area contributed by atoms with E-state index in [1.807, 2.05) is 32.0 Å². The number of likely N-dealkylation sites (N-methyl/N-ethyl adjacent to an activating group) is 1. The number of methoxy groups -OCH3 is 6. The van der Waals surface area contributed by atoms with E-state index in [1.165, 1.54) is 0 Å². The molecule has 3 heterocycles. The predicted octanol–water partition coefficient (Wildman–Crippen LogP) is 4.94. The lowest BCUT2D eigenvalue weighted by Gasteiger charge is -2.59. The summed E-state index contributed by atoms with van der Waals surface area (Å²) in [6.07, 6.45) is -0.204. The molecule has 10 nitrogen and oxygen atoms in total. The van der Waals surface area contributed by atoms with Gasteiger partial charge < -0.3 is 38.3 Å². The Balaban J connectivity index is 1.58. The first kappa shape index (κ1) is 32.2. The molecule has 6 rings (SSSR count). The summed E-state index contributed by atoms with van der Waals surface area (Å²) in [5, 5.41) is 12.6. The van der Waals surface area contributed by atoms with Crippen LogP contribution in [0.3, 0.4) is 0 Å². The van der Waals surface area contributed by atoms with Crippen molar-refractivity contribution in [2.75, 3.05) is 62.9 Å². The van der Waals surface area contributed by atoms with E-state index < -0.39 is 12.1 Å². The molecular weight excluding hydrogens is 588 g/mol. The second kappa shape index (κ2) is 12.8. The Kier molecular flexibility index (Phi) is 9.00. The number of fused-ring (bicyclic) bond motifs is 7. The molecule has 0 aliphatic carbocycles. The SMILES string of the molecule is COc1c(C)c(OC)c(OC)c2c1C[C@H]1CN3[C@H](C(O)c4c(OC)c(C)c(OC)c(OC)c4[C@@H]3COCc3ccccc3)[C@@H]2N1C. The molecule has 0 radical (unpaired) electrons. The first-order chi connectivity index (χ1) is 22.3. The van der Waals surface area contributed by atoms with E-state index in [9.17, 15) is 5.11 Å². The van der Waals surface area contributed by atoms with Gasteiger partial charge in [-0.25, -0.2) is 0 Å². The van der Waals surface area contributed by atoms with Crippen LogP contribution in [0, 0.1) is 13.8 Å². The third-order valence-corrected chi connectivity index (χ3v) is 10.2. The van der Waals surface area contributed by atoms with Crippen LogP contribution in [0.15, 0.2) is 30.3 Å². The Morgan fingerprint density at radius 1 is 0.717 bits per heavy atom. The molecule has 0 aromatic heterocycles. The van der Waals surface area contributed by atoms with Crippen LogP contribution in [0.5, 0.6) is 34.5 Å². The number of aliphatic hydroxyl groups is 1. The molecule has 2 bridgehead atoms. The van der Waals surface area contributed by atoms with Gasteiger partial charge in [0.2, 0.25) is 0 Å². The zero-order valence-electron chi connectivity index (χ0n) is 28.3. The average molecular weight is 635 g/mol. The monoisotopic (exact) mass is 634 g/mol. The van der Waals surface area contributed by atoms with Crippen LogP contribution in [0.1, 0.15) is 57.1 Å². The van der Waals surface area contributed by atoms with Crippen LogP contribution in [-0.4, -0.2) is 89.8 Å². The molecule has 46 heavy (non-hydrogen) atoms. The van der Waals surface area contributed by atoms with Crippen LogP contribution >= 0.6 is 0 Å². The number of hydrogen-bond donors (Lipinski definition) is 1. The maximum absolute atomic E-state index is 12.6. The van der Waals surface area contributed by atoms with Gasteiger partial charge in [-0.2, -0.15) is 0 Å². The molecule has 1 saturated heterocycles. The molecule has 0 spiro atoms. The number of nitrogens with zero attached hydrogens (tertiary/aromatic N) is 2. The Morgan fingerprint density at radius 2 is 1.28 bits per heavy atom. The van der Waals surface area contributed by atoms with Gasteiger partial charge in [0.15, 0.2) is 23.0 Å². The Morgan fingerprint density at radius 3 is 1.87 bits per heavy atom. The van der Waals surface area contributed by atoms with Gasteiger partial charge in [-0.3, -0.25) is 9.80 Å². The van der Waals surface area contributed by atoms with Crippen molar-refractivity contribution < 1.29 is 38.3 Å². The van der Waals surface area contributed by atoms with E-state index in [1.54, 1.807) is 42.7 Å². The summed E-state index contributed by atoms with van der Waals surface area (Å²) in [5.41, 5.74) is 6.33. The topological polar surface area (TPSA) is 91.3 Å². The molecule has 3 aromatic carbocycles. The molecule has 10 heteroatoms. The fourth-order valence-corrected chi connectivity index (χ4v) is 8.33. The summed E-state index contributed by atoms with van der Waals surface area (Å²) < 4.78 is 42.6. The number of rotatable bonds is 10. The van der Waals surface area contributed by atoms with E-state index in [0.29, 0.717) is 54.1 Å². The summed E-state index contributed by atoms with van der Waals surface area (Å²) in [7, 11) is 12.1. The Hall–Kier alpha value is -3.70. The highest BCUT2D eigenvalue weighted by Gasteiger charge is 2.56. The first-order valence-electron chi connectivity index (χ1n) is 15.7. The van der Waals surface area contributed by atoms with Gasteiger partial charge in [0.25, 0.3) is 0 Å². The summed E-state index contributed by atoms with van der Waals surface area (Å²) in [6, 6.07) is 9.34. The third-order valence-electron chi connectivity index (χ3n) is 10.2. The molecule has 3 aromatic rings. The van der Waals surface area contributed by atoms with Crippen LogP contribution in [-0.2, 0) is 17.8 Å². The van der Waals surface area contributed by atoms with E-state index in [0.717, 1.165) is 45.6 Å². The lowest BCUT2D eigenvalue weighted by molar-refractivity contribution is -0.115. The van der Waals surface area contributed by atoms with Crippen LogP contribution in [0.4, 0.5) is 0 Å². The van der Waals surface area contributed by atoms with Crippen molar-refractivity contribution in [2.45, 2.75) is 57.1 Å². The third kappa shape index (κ3) is 4.76.